The van der Waals surface area contributed by atoms with E-state index in [9.17, 15) is 14.7 Å². The van der Waals surface area contributed by atoms with Gasteiger partial charge in [-0.25, -0.2) is 4.79 Å². The molecule has 2 N–H and O–H groups in total. The van der Waals surface area contributed by atoms with Crippen LogP contribution in [0.15, 0.2) is 15.8 Å². The Balaban J connectivity index is 2.34. The monoisotopic (exact) mass is 228 g/mol. The molecule has 1 aromatic rings. The van der Waals surface area contributed by atoms with Gasteiger partial charge in [0.2, 0.25) is 0 Å². The molecule has 0 aliphatic carbocycles. The Kier molecular flexibility index (Phi) is 2.37. The van der Waals surface area contributed by atoms with Crippen molar-refractivity contribution in [3.63, 3.8) is 0 Å². The number of nitrogens with one attached hydrogen (secondary N) is 1. The summed E-state index contributed by atoms with van der Waals surface area (Å²) in [5, 5.41) is 9.60. The van der Waals surface area contributed by atoms with Crippen molar-refractivity contribution >= 4 is 0 Å². The highest BCUT2D eigenvalue weighted by Crippen LogP contribution is 2.26. The van der Waals surface area contributed by atoms with E-state index in [0.29, 0.717) is 5.56 Å². The van der Waals surface area contributed by atoms with E-state index < -0.39 is 29.7 Å². The second-order valence-corrected chi connectivity index (χ2v) is 3.91. The van der Waals surface area contributed by atoms with Gasteiger partial charge >= 0.3 is 5.69 Å². The number of hydrogen-bond donors (Lipinski definition) is 2. The lowest BCUT2D eigenvalue weighted by Crippen LogP contribution is -2.33. The van der Waals surface area contributed by atoms with E-state index in [-0.39, 0.29) is 13.3 Å². The second kappa shape index (κ2) is 3.88. The van der Waals surface area contributed by atoms with E-state index in [1.54, 1.807) is 6.92 Å². The van der Waals surface area contributed by atoms with Gasteiger partial charge in [0.15, 0.2) is 0 Å². The summed E-state index contributed by atoms with van der Waals surface area (Å²) in [5.74, 6) is 0. The number of aliphatic hydroxyl groups is 1. The van der Waals surface area contributed by atoms with Crippen molar-refractivity contribution in [2.45, 2.75) is 38.7 Å². The third-order valence-corrected chi connectivity index (χ3v) is 2.66. The first kappa shape index (κ1) is 9.80. The molecule has 16 heavy (non-hydrogen) atoms. The summed E-state index contributed by atoms with van der Waals surface area (Å²) in [7, 11) is 0. The molecule has 0 saturated carbocycles. The van der Waals surface area contributed by atoms with E-state index in [1.807, 2.05) is 0 Å². The third-order valence-electron chi connectivity index (χ3n) is 2.66. The van der Waals surface area contributed by atoms with Gasteiger partial charge in [-0.15, -0.1) is 0 Å². The van der Waals surface area contributed by atoms with Crippen molar-refractivity contribution in [3.05, 3.63) is 32.6 Å². The Morgan fingerprint density at radius 3 is 3.06 bits per heavy atom. The number of rotatable bonds is 1. The molecule has 6 nitrogen and oxygen atoms in total. The standard InChI is InChI=1S/C10H14N2O4/c1-5-4-12(10(15)11-9(5)14)8-3-7(13)6(2)16-8/h4,6-8,13H,3H2,1-2H3,(H,11,14,15)/t6-,7-,8-/m1/s1/i2T. The molecular weight excluding hydrogens is 212 g/mol. The molecule has 0 amide bonds. The Labute approximate surface area is 92.9 Å². The van der Waals surface area contributed by atoms with Crippen molar-refractivity contribution in [1.29, 1.82) is 0 Å². The predicted molar refractivity (Wildman–Crippen MR) is 56.3 cm³/mol. The fraction of sp³-hybridized carbons (Fsp3) is 0.600. The van der Waals surface area contributed by atoms with Gasteiger partial charge in [-0.2, -0.15) is 0 Å². The van der Waals surface area contributed by atoms with Crippen LogP contribution in [0.5, 0.6) is 0 Å². The van der Waals surface area contributed by atoms with Crippen LogP contribution >= 0.6 is 0 Å². The molecule has 0 unspecified atom stereocenters. The summed E-state index contributed by atoms with van der Waals surface area (Å²) >= 11 is 0. The molecule has 0 spiro atoms. The van der Waals surface area contributed by atoms with Gasteiger partial charge in [-0.3, -0.25) is 14.3 Å². The fourth-order valence-corrected chi connectivity index (χ4v) is 1.69. The molecule has 1 saturated heterocycles. The molecule has 1 aromatic heterocycles. The van der Waals surface area contributed by atoms with Crippen LogP contribution in [-0.2, 0) is 4.74 Å². The summed E-state index contributed by atoms with van der Waals surface area (Å²) in [6, 6.07) is 0. The number of aromatic nitrogens is 2. The molecule has 3 atom stereocenters. The molecule has 1 aliphatic rings. The maximum atomic E-state index is 11.6. The van der Waals surface area contributed by atoms with Crippen molar-refractivity contribution in [3.8, 4) is 0 Å². The lowest BCUT2D eigenvalue weighted by Gasteiger charge is -2.13. The predicted octanol–water partition coefficient (Wildman–Crippen LogP) is -0.487. The minimum atomic E-state index is -0.753. The summed E-state index contributed by atoms with van der Waals surface area (Å²) in [4.78, 5) is 25.0. The maximum absolute atomic E-state index is 11.6. The first-order chi connectivity index (χ1) is 8.02. The summed E-state index contributed by atoms with van der Waals surface area (Å²) in [5.41, 5.74) is -0.595. The summed E-state index contributed by atoms with van der Waals surface area (Å²) < 4.78 is 13.8. The lowest BCUT2D eigenvalue weighted by molar-refractivity contribution is -0.0102. The first-order valence-electron chi connectivity index (χ1n) is 5.68. The number of nitrogens with zero attached hydrogens (tertiary/aromatic N) is 1. The van der Waals surface area contributed by atoms with Gasteiger partial charge in [-0.05, 0) is 13.8 Å². The molecule has 0 radical (unpaired) electrons. The summed E-state index contributed by atoms with van der Waals surface area (Å²) in [6.45, 7) is 1.52. The molecule has 88 valence electrons. The normalized spacial score (nSPS) is 30.4. The van der Waals surface area contributed by atoms with E-state index in [1.165, 1.54) is 10.8 Å². The highest BCUT2D eigenvalue weighted by Gasteiger charge is 2.32. The van der Waals surface area contributed by atoms with E-state index in [4.69, 9.17) is 6.11 Å². The van der Waals surface area contributed by atoms with Crippen LogP contribution in [0.4, 0.5) is 0 Å². The van der Waals surface area contributed by atoms with Gasteiger partial charge in [0, 0.05) is 19.6 Å². The van der Waals surface area contributed by atoms with Crippen LogP contribution in [-0.4, -0.2) is 26.9 Å². The molecule has 2 rings (SSSR count). The van der Waals surface area contributed by atoms with Crippen molar-refractivity contribution in [2.24, 2.45) is 0 Å². The van der Waals surface area contributed by atoms with Gasteiger partial charge < -0.3 is 9.84 Å². The van der Waals surface area contributed by atoms with Gasteiger partial charge in [0.1, 0.15) is 6.23 Å². The zero-order valence-electron chi connectivity index (χ0n) is 9.84. The Morgan fingerprint density at radius 1 is 1.69 bits per heavy atom. The first-order valence-corrected chi connectivity index (χ1v) is 4.97. The van der Waals surface area contributed by atoms with Crippen molar-refractivity contribution in [2.75, 3.05) is 0 Å². The Morgan fingerprint density at radius 2 is 2.44 bits per heavy atom. The van der Waals surface area contributed by atoms with E-state index in [0.717, 1.165) is 0 Å². The topological polar surface area (TPSA) is 84.3 Å². The Bertz CT molecular complexity index is 524. The number of H-pyrrole nitrogens is 1. The number of aromatic amines is 1. The average Bonchev–Trinajstić information content (AvgIpc) is 2.65. The molecule has 1 aliphatic heterocycles. The molecule has 2 heterocycles. The molecular formula is C10H14N2O4. The highest BCUT2D eigenvalue weighted by atomic mass is 16.5. The minimum Gasteiger partial charge on any atom is -0.390 e. The number of aliphatic hydroxyl groups excluding tert-OH is 1. The fourth-order valence-electron chi connectivity index (χ4n) is 1.69. The summed E-state index contributed by atoms with van der Waals surface area (Å²) in [6.07, 6.45) is -0.307. The number of hydrogen-bond acceptors (Lipinski definition) is 4. The van der Waals surface area contributed by atoms with Crippen LogP contribution in [0.3, 0.4) is 0 Å². The lowest BCUT2D eigenvalue weighted by atomic mass is 10.2. The average molecular weight is 228 g/mol. The molecule has 1 fully saturated rings. The zero-order chi connectivity index (χ0) is 12.6. The highest BCUT2D eigenvalue weighted by molar-refractivity contribution is 5.01. The molecule has 0 bridgehead atoms. The third kappa shape index (κ3) is 1.81. The number of aryl methyl sites for hydroxylation is 1. The zero-order valence-corrected chi connectivity index (χ0v) is 8.84. The Hall–Kier alpha value is -1.40. The minimum absolute atomic E-state index is 0.0608. The van der Waals surface area contributed by atoms with Crippen LogP contribution in [0, 0.1) is 6.92 Å². The maximum Gasteiger partial charge on any atom is 0.330 e. The van der Waals surface area contributed by atoms with E-state index in [2.05, 4.69) is 4.98 Å². The smallest absolute Gasteiger partial charge is 0.330 e. The molecule has 6 heteroatoms. The molecule has 0 aromatic carbocycles. The van der Waals surface area contributed by atoms with Crippen LogP contribution < -0.4 is 11.2 Å². The second-order valence-electron chi connectivity index (χ2n) is 3.91. The van der Waals surface area contributed by atoms with Crippen molar-refractivity contribution in [1.82, 2.24) is 9.55 Å². The van der Waals surface area contributed by atoms with E-state index >= 15 is 0 Å². The van der Waals surface area contributed by atoms with Gasteiger partial charge in [0.05, 0.1) is 12.2 Å². The van der Waals surface area contributed by atoms with Crippen molar-refractivity contribution < 1.29 is 11.2 Å². The quantitative estimate of drug-likeness (QED) is 0.679. The number of ether oxygens (including phenoxy) is 1. The SMILES string of the molecule is [3H]C[C@H]1O[C@@H](n2cc(C)c(=O)[nH]c2=O)C[C@H]1O. The van der Waals surface area contributed by atoms with Crippen LogP contribution in [0.25, 0.3) is 0 Å². The van der Waals surface area contributed by atoms with Gasteiger partial charge in [-0.1, -0.05) is 0 Å². The van der Waals surface area contributed by atoms with Gasteiger partial charge in [0.25, 0.3) is 5.56 Å². The largest absolute Gasteiger partial charge is 0.390 e. The van der Waals surface area contributed by atoms with Crippen LogP contribution in [0.1, 0.15) is 26.5 Å². The van der Waals surface area contributed by atoms with Crippen LogP contribution in [0.2, 0.25) is 0 Å².